The van der Waals surface area contributed by atoms with Gasteiger partial charge in [0, 0.05) is 31.2 Å². The molecule has 0 bridgehead atoms. The number of nitrogens with zero attached hydrogens (tertiary/aromatic N) is 3. The summed E-state index contributed by atoms with van der Waals surface area (Å²) < 4.78 is 0. The minimum atomic E-state index is 0.446. The zero-order valence-corrected chi connectivity index (χ0v) is 10.5. The predicted molar refractivity (Wildman–Crippen MR) is 65.1 cm³/mol. The Balaban J connectivity index is 1.99. The molecule has 2 fully saturated rings. The summed E-state index contributed by atoms with van der Waals surface area (Å²) in [4.78, 5) is 5.02. The molecule has 0 N–H and O–H groups in total. The Morgan fingerprint density at radius 3 is 2.56 bits per heavy atom. The maximum Gasteiger partial charge on any atom is 0.0638 e. The van der Waals surface area contributed by atoms with Gasteiger partial charge in [0.2, 0.25) is 0 Å². The summed E-state index contributed by atoms with van der Waals surface area (Å²) in [7, 11) is 2.16. The van der Waals surface area contributed by atoms with Gasteiger partial charge in [-0.05, 0) is 26.8 Å². The van der Waals surface area contributed by atoms with Gasteiger partial charge in [-0.15, -0.1) is 0 Å². The summed E-state index contributed by atoms with van der Waals surface area (Å²) in [5.41, 5.74) is 0. The van der Waals surface area contributed by atoms with Crippen LogP contribution < -0.4 is 0 Å². The Bertz CT molecular complexity index is 265. The van der Waals surface area contributed by atoms with E-state index in [4.69, 9.17) is 5.26 Å². The molecule has 0 aromatic rings. The van der Waals surface area contributed by atoms with Gasteiger partial charge in [0.1, 0.15) is 0 Å². The Labute approximate surface area is 99.0 Å². The van der Waals surface area contributed by atoms with Crippen molar-refractivity contribution >= 4 is 0 Å². The number of likely N-dealkylation sites (N-methyl/N-ethyl adjacent to an activating group) is 1. The summed E-state index contributed by atoms with van der Waals surface area (Å²) in [5, 5.41) is 8.86. The summed E-state index contributed by atoms with van der Waals surface area (Å²) in [6.45, 7) is 4.54. The van der Waals surface area contributed by atoms with Gasteiger partial charge in [0.15, 0.2) is 0 Å². The molecule has 0 radical (unpaired) electrons. The van der Waals surface area contributed by atoms with E-state index in [2.05, 4.69) is 29.8 Å². The molecule has 1 saturated carbocycles. The van der Waals surface area contributed by atoms with Crippen LogP contribution in [0.1, 0.15) is 39.0 Å². The summed E-state index contributed by atoms with van der Waals surface area (Å²) in [6.07, 6.45) is 6.20. The lowest BCUT2D eigenvalue weighted by Crippen LogP contribution is -2.58. The quantitative estimate of drug-likeness (QED) is 0.713. The first-order chi connectivity index (χ1) is 7.72. The van der Waals surface area contributed by atoms with Gasteiger partial charge in [0.05, 0.1) is 12.5 Å². The van der Waals surface area contributed by atoms with Crippen LogP contribution in [0.5, 0.6) is 0 Å². The highest BCUT2D eigenvalue weighted by molar-refractivity contribution is 4.93. The lowest BCUT2D eigenvalue weighted by Gasteiger charge is -2.46. The second-order valence-corrected chi connectivity index (χ2v) is 5.44. The molecule has 1 aliphatic carbocycles. The third kappa shape index (κ3) is 2.39. The highest BCUT2D eigenvalue weighted by atomic mass is 15.3. The van der Waals surface area contributed by atoms with Crippen molar-refractivity contribution in [3.63, 3.8) is 0 Å². The molecule has 2 atom stereocenters. The standard InChI is InChI=1S/C13H23N3/c1-11-9-15(2)13(7-8-14)10-16(11)12-5-3-4-6-12/h11-13H,3-7,9-10H2,1-2H3. The molecule has 3 heteroatoms. The first-order valence-electron chi connectivity index (χ1n) is 6.55. The van der Waals surface area contributed by atoms with E-state index in [1.807, 2.05) is 0 Å². The molecule has 1 heterocycles. The van der Waals surface area contributed by atoms with Crippen molar-refractivity contribution in [2.75, 3.05) is 20.1 Å². The number of hydrogen-bond donors (Lipinski definition) is 0. The van der Waals surface area contributed by atoms with Crippen LogP contribution in [0.3, 0.4) is 0 Å². The second kappa shape index (κ2) is 5.16. The fraction of sp³-hybridized carbons (Fsp3) is 0.923. The van der Waals surface area contributed by atoms with E-state index in [1.165, 1.54) is 25.7 Å². The van der Waals surface area contributed by atoms with E-state index in [9.17, 15) is 0 Å². The van der Waals surface area contributed by atoms with Gasteiger partial charge in [-0.25, -0.2) is 0 Å². The topological polar surface area (TPSA) is 30.3 Å². The maximum atomic E-state index is 8.86. The normalized spacial score (nSPS) is 34.1. The van der Waals surface area contributed by atoms with Gasteiger partial charge in [0.25, 0.3) is 0 Å². The zero-order valence-electron chi connectivity index (χ0n) is 10.5. The van der Waals surface area contributed by atoms with Crippen LogP contribution in [0.2, 0.25) is 0 Å². The average Bonchev–Trinajstić information content (AvgIpc) is 2.75. The highest BCUT2D eigenvalue weighted by Gasteiger charge is 2.34. The summed E-state index contributed by atoms with van der Waals surface area (Å²) in [6, 6.07) is 4.22. The van der Waals surface area contributed by atoms with Crippen molar-refractivity contribution in [1.29, 1.82) is 5.26 Å². The van der Waals surface area contributed by atoms with Gasteiger partial charge in [-0.1, -0.05) is 12.8 Å². The lowest BCUT2D eigenvalue weighted by atomic mass is 10.0. The first-order valence-corrected chi connectivity index (χ1v) is 6.55. The molecule has 1 aliphatic heterocycles. The molecular formula is C13H23N3. The van der Waals surface area contributed by atoms with E-state index < -0.39 is 0 Å². The number of piperazine rings is 1. The van der Waals surface area contributed by atoms with Crippen LogP contribution in [0, 0.1) is 11.3 Å². The van der Waals surface area contributed by atoms with Crippen molar-refractivity contribution in [3.8, 4) is 6.07 Å². The van der Waals surface area contributed by atoms with E-state index in [1.54, 1.807) is 0 Å². The fourth-order valence-electron chi connectivity index (χ4n) is 3.30. The highest BCUT2D eigenvalue weighted by Crippen LogP contribution is 2.28. The number of hydrogen-bond acceptors (Lipinski definition) is 3. The van der Waals surface area contributed by atoms with Crippen LogP contribution in [0.15, 0.2) is 0 Å². The predicted octanol–water partition coefficient (Wildman–Crippen LogP) is 1.85. The minimum Gasteiger partial charge on any atom is -0.300 e. The molecule has 16 heavy (non-hydrogen) atoms. The van der Waals surface area contributed by atoms with Crippen LogP contribution >= 0.6 is 0 Å². The van der Waals surface area contributed by atoms with Crippen LogP contribution in [-0.4, -0.2) is 48.1 Å². The monoisotopic (exact) mass is 221 g/mol. The molecular weight excluding hydrogens is 198 g/mol. The molecule has 0 aromatic heterocycles. The third-order valence-corrected chi connectivity index (χ3v) is 4.28. The van der Waals surface area contributed by atoms with Crippen molar-refractivity contribution in [3.05, 3.63) is 0 Å². The zero-order chi connectivity index (χ0) is 11.5. The van der Waals surface area contributed by atoms with Gasteiger partial charge >= 0.3 is 0 Å². The molecule has 0 amide bonds. The molecule has 90 valence electrons. The Kier molecular flexibility index (Phi) is 3.83. The fourth-order valence-corrected chi connectivity index (χ4v) is 3.30. The second-order valence-electron chi connectivity index (χ2n) is 5.44. The van der Waals surface area contributed by atoms with E-state index in [0.717, 1.165) is 19.1 Å². The molecule has 2 rings (SSSR count). The number of nitriles is 1. The van der Waals surface area contributed by atoms with E-state index >= 15 is 0 Å². The minimum absolute atomic E-state index is 0.446. The molecule has 1 saturated heterocycles. The van der Waals surface area contributed by atoms with Gasteiger partial charge in [-0.3, -0.25) is 9.80 Å². The summed E-state index contributed by atoms with van der Waals surface area (Å²) >= 11 is 0. The Morgan fingerprint density at radius 2 is 1.94 bits per heavy atom. The van der Waals surface area contributed by atoms with E-state index in [0.29, 0.717) is 18.5 Å². The van der Waals surface area contributed by atoms with Crippen molar-refractivity contribution in [2.45, 2.75) is 57.2 Å². The van der Waals surface area contributed by atoms with Crippen LogP contribution in [0.25, 0.3) is 0 Å². The largest absolute Gasteiger partial charge is 0.300 e. The smallest absolute Gasteiger partial charge is 0.0638 e. The lowest BCUT2D eigenvalue weighted by molar-refractivity contribution is 0.0252. The van der Waals surface area contributed by atoms with Crippen LogP contribution in [0.4, 0.5) is 0 Å². The van der Waals surface area contributed by atoms with E-state index in [-0.39, 0.29) is 0 Å². The average molecular weight is 221 g/mol. The molecule has 0 spiro atoms. The SMILES string of the molecule is CC1CN(C)C(CC#N)CN1C1CCCC1. The molecule has 0 aromatic carbocycles. The Morgan fingerprint density at radius 1 is 1.25 bits per heavy atom. The molecule has 3 nitrogen and oxygen atoms in total. The van der Waals surface area contributed by atoms with Crippen molar-refractivity contribution in [2.24, 2.45) is 0 Å². The molecule has 2 unspecified atom stereocenters. The maximum absolute atomic E-state index is 8.86. The van der Waals surface area contributed by atoms with Crippen molar-refractivity contribution in [1.82, 2.24) is 9.80 Å². The molecule has 2 aliphatic rings. The van der Waals surface area contributed by atoms with Gasteiger partial charge in [-0.2, -0.15) is 5.26 Å². The third-order valence-electron chi connectivity index (χ3n) is 4.28. The summed E-state index contributed by atoms with van der Waals surface area (Å²) in [5.74, 6) is 0. The Hall–Kier alpha value is -0.590. The van der Waals surface area contributed by atoms with Crippen molar-refractivity contribution < 1.29 is 0 Å². The van der Waals surface area contributed by atoms with Crippen LogP contribution in [-0.2, 0) is 0 Å². The van der Waals surface area contributed by atoms with Gasteiger partial charge < -0.3 is 0 Å². The number of rotatable bonds is 2. The first kappa shape index (κ1) is 11.9.